The van der Waals surface area contributed by atoms with Gasteiger partial charge in [0, 0.05) is 13.6 Å². The molecule has 2 aromatic rings. The summed E-state index contributed by atoms with van der Waals surface area (Å²) in [5.74, 6) is 0.0164. The number of carbonyl (C=O) groups is 2. The Morgan fingerprint density at radius 1 is 1.07 bits per heavy atom. The Labute approximate surface area is 165 Å². The zero-order chi connectivity index (χ0) is 19.8. The molecule has 2 aliphatic heterocycles. The van der Waals surface area contributed by atoms with Crippen LogP contribution in [-0.2, 0) is 11.2 Å². The molecule has 1 N–H and O–H groups in total. The lowest BCUT2D eigenvalue weighted by atomic mass is 9.91. The molecule has 1 atom stereocenters. The van der Waals surface area contributed by atoms with Crippen molar-refractivity contribution in [1.82, 2.24) is 15.1 Å². The second-order valence-electron chi connectivity index (χ2n) is 7.62. The van der Waals surface area contributed by atoms with Crippen LogP contribution in [-0.4, -0.2) is 41.9 Å². The third-order valence-electron chi connectivity index (χ3n) is 5.68. The normalized spacial score (nSPS) is 19.2. The highest BCUT2D eigenvalue weighted by molar-refractivity contribution is 6.01. The summed E-state index contributed by atoms with van der Waals surface area (Å²) >= 11 is 0. The van der Waals surface area contributed by atoms with Gasteiger partial charge in [-0.2, -0.15) is 0 Å². The predicted molar refractivity (Wildman–Crippen MR) is 109 cm³/mol. The lowest BCUT2D eigenvalue weighted by molar-refractivity contribution is -0.125. The fraction of sp³-hybridized carbons (Fsp3) is 0.304. The zero-order valence-corrected chi connectivity index (χ0v) is 16.5. The highest BCUT2D eigenvalue weighted by atomic mass is 16.2. The van der Waals surface area contributed by atoms with Crippen LogP contribution in [0.2, 0.25) is 0 Å². The number of rotatable bonds is 4. The van der Waals surface area contributed by atoms with Gasteiger partial charge in [0.05, 0.1) is 23.9 Å². The molecule has 5 heteroatoms. The van der Waals surface area contributed by atoms with Crippen LogP contribution >= 0.6 is 0 Å². The van der Waals surface area contributed by atoms with Crippen LogP contribution in [0.15, 0.2) is 59.8 Å². The first kappa shape index (κ1) is 18.3. The van der Waals surface area contributed by atoms with Crippen molar-refractivity contribution in [3.8, 4) is 0 Å². The molecule has 1 unspecified atom stereocenters. The summed E-state index contributed by atoms with van der Waals surface area (Å²) < 4.78 is 0. The van der Waals surface area contributed by atoms with E-state index in [4.69, 9.17) is 0 Å². The molecule has 5 nitrogen and oxygen atoms in total. The van der Waals surface area contributed by atoms with Gasteiger partial charge < -0.3 is 10.2 Å². The molecule has 0 radical (unpaired) electrons. The number of aryl methyl sites for hydroxylation is 2. The van der Waals surface area contributed by atoms with Gasteiger partial charge >= 0.3 is 6.03 Å². The van der Waals surface area contributed by atoms with Crippen LogP contribution in [0.4, 0.5) is 4.79 Å². The molecular formula is C23H25N3O2. The maximum atomic E-state index is 13.3. The average Bonchev–Trinajstić information content (AvgIpc) is 3.01. The maximum absolute atomic E-state index is 13.3. The second kappa shape index (κ2) is 7.15. The van der Waals surface area contributed by atoms with Crippen molar-refractivity contribution in [2.75, 3.05) is 20.1 Å². The summed E-state index contributed by atoms with van der Waals surface area (Å²) in [7, 11) is 1.73. The summed E-state index contributed by atoms with van der Waals surface area (Å²) in [4.78, 5) is 29.2. The fourth-order valence-electron chi connectivity index (χ4n) is 4.10. The molecule has 0 bridgehead atoms. The van der Waals surface area contributed by atoms with Crippen LogP contribution in [0.1, 0.15) is 28.3 Å². The van der Waals surface area contributed by atoms with Crippen molar-refractivity contribution in [2.45, 2.75) is 26.3 Å². The van der Waals surface area contributed by atoms with Crippen molar-refractivity contribution in [2.24, 2.45) is 0 Å². The number of nitrogens with one attached hydrogen (secondary N) is 1. The van der Waals surface area contributed by atoms with Crippen molar-refractivity contribution in [1.29, 1.82) is 0 Å². The van der Waals surface area contributed by atoms with E-state index in [0.717, 1.165) is 28.8 Å². The molecule has 0 aliphatic carbocycles. The summed E-state index contributed by atoms with van der Waals surface area (Å²) in [5.41, 5.74) is 5.94. The van der Waals surface area contributed by atoms with Gasteiger partial charge in [-0.15, -0.1) is 0 Å². The SMILES string of the molecule is Cc1ccc(C2NC(=O)N(C)C3=C2C(=O)N(CCc2ccccc2)C3)c(C)c1. The first-order chi connectivity index (χ1) is 13.5. The number of urea groups is 1. The third kappa shape index (κ3) is 3.17. The Kier molecular flexibility index (Phi) is 4.67. The number of benzene rings is 2. The van der Waals surface area contributed by atoms with Crippen LogP contribution in [0.25, 0.3) is 0 Å². The molecule has 28 heavy (non-hydrogen) atoms. The Balaban J connectivity index is 1.62. The van der Waals surface area contributed by atoms with E-state index in [9.17, 15) is 9.59 Å². The predicted octanol–water partition coefficient (Wildman–Crippen LogP) is 3.34. The molecular weight excluding hydrogens is 350 g/mol. The lowest BCUT2D eigenvalue weighted by Crippen LogP contribution is -2.45. The van der Waals surface area contributed by atoms with Gasteiger partial charge in [-0.05, 0) is 37.0 Å². The van der Waals surface area contributed by atoms with E-state index in [-0.39, 0.29) is 11.9 Å². The number of hydrogen-bond donors (Lipinski definition) is 1. The molecule has 0 saturated carbocycles. The van der Waals surface area contributed by atoms with Crippen molar-refractivity contribution in [3.05, 3.63) is 82.1 Å². The van der Waals surface area contributed by atoms with Crippen LogP contribution in [0.5, 0.6) is 0 Å². The summed E-state index contributed by atoms with van der Waals surface area (Å²) in [6.07, 6.45) is 0.798. The molecule has 4 rings (SSSR count). The standard InChI is InChI=1S/C23H25N3O2/c1-15-9-10-18(16(2)13-15)21-20-19(25(3)23(28)24-21)14-26(22(20)27)12-11-17-7-5-4-6-8-17/h4-10,13,21H,11-12,14H2,1-3H3,(H,24,28). The quantitative estimate of drug-likeness (QED) is 0.891. The van der Waals surface area contributed by atoms with Crippen molar-refractivity contribution < 1.29 is 9.59 Å². The minimum Gasteiger partial charge on any atom is -0.333 e. The Hall–Kier alpha value is -3.08. The van der Waals surface area contributed by atoms with Gasteiger partial charge in [0.1, 0.15) is 0 Å². The van der Waals surface area contributed by atoms with E-state index in [1.54, 1.807) is 11.9 Å². The molecule has 144 valence electrons. The molecule has 2 aliphatic rings. The van der Waals surface area contributed by atoms with Gasteiger partial charge in [-0.1, -0.05) is 54.1 Å². The van der Waals surface area contributed by atoms with E-state index in [1.807, 2.05) is 49.1 Å². The second-order valence-corrected chi connectivity index (χ2v) is 7.62. The first-order valence-electron chi connectivity index (χ1n) is 9.63. The Bertz CT molecular complexity index is 965. The van der Waals surface area contributed by atoms with Gasteiger partial charge in [-0.3, -0.25) is 9.69 Å². The van der Waals surface area contributed by atoms with E-state index in [0.29, 0.717) is 18.7 Å². The summed E-state index contributed by atoms with van der Waals surface area (Å²) in [5, 5.41) is 3.02. The van der Waals surface area contributed by atoms with Crippen molar-refractivity contribution >= 4 is 11.9 Å². The molecule has 0 aromatic heterocycles. The molecule has 0 fully saturated rings. The van der Waals surface area contributed by atoms with E-state index in [1.165, 1.54) is 5.56 Å². The minimum absolute atomic E-state index is 0.0164. The molecule has 2 heterocycles. The maximum Gasteiger partial charge on any atom is 0.322 e. The molecule has 0 saturated heterocycles. The van der Waals surface area contributed by atoms with Gasteiger partial charge in [0.15, 0.2) is 0 Å². The zero-order valence-electron chi connectivity index (χ0n) is 16.5. The van der Waals surface area contributed by atoms with E-state index >= 15 is 0 Å². The average molecular weight is 375 g/mol. The largest absolute Gasteiger partial charge is 0.333 e. The third-order valence-corrected chi connectivity index (χ3v) is 5.68. The molecule has 2 aromatic carbocycles. The van der Waals surface area contributed by atoms with Crippen LogP contribution < -0.4 is 5.32 Å². The highest BCUT2D eigenvalue weighted by Crippen LogP contribution is 2.36. The number of likely N-dealkylation sites (N-methyl/N-ethyl adjacent to an activating group) is 1. The van der Waals surface area contributed by atoms with Gasteiger partial charge in [0.25, 0.3) is 5.91 Å². The number of carbonyl (C=O) groups excluding carboxylic acids is 2. The number of nitrogens with zero attached hydrogens (tertiary/aromatic N) is 2. The molecule has 0 spiro atoms. The topological polar surface area (TPSA) is 52.7 Å². The summed E-state index contributed by atoms with van der Waals surface area (Å²) in [6.45, 7) is 5.18. The van der Waals surface area contributed by atoms with Crippen LogP contribution in [0, 0.1) is 13.8 Å². The van der Waals surface area contributed by atoms with Gasteiger partial charge in [0.2, 0.25) is 0 Å². The van der Waals surface area contributed by atoms with E-state index < -0.39 is 6.04 Å². The summed E-state index contributed by atoms with van der Waals surface area (Å²) in [6, 6.07) is 15.7. The Morgan fingerprint density at radius 3 is 2.54 bits per heavy atom. The first-order valence-corrected chi connectivity index (χ1v) is 9.63. The Morgan fingerprint density at radius 2 is 1.82 bits per heavy atom. The van der Waals surface area contributed by atoms with Gasteiger partial charge in [-0.25, -0.2) is 4.79 Å². The molecule has 3 amide bonds. The number of hydrogen-bond acceptors (Lipinski definition) is 2. The minimum atomic E-state index is -0.395. The fourth-order valence-corrected chi connectivity index (χ4v) is 4.10. The van der Waals surface area contributed by atoms with Crippen LogP contribution in [0.3, 0.4) is 0 Å². The van der Waals surface area contributed by atoms with Crippen molar-refractivity contribution in [3.63, 3.8) is 0 Å². The number of amides is 3. The lowest BCUT2D eigenvalue weighted by Gasteiger charge is -2.31. The highest BCUT2D eigenvalue weighted by Gasteiger charge is 2.42. The smallest absolute Gasteiger partial charge is 0.322 e. The monoisotopic (exact) mass is 375 g/mol. The van der Waals surface area contributed by atoms with E-state index in [2.05, 4.69) is 23.5 Å².